The summed E-state index contributed by atoms with van der Waals surface area (Å²) in [4.78, 5) is 3.33. The number of hydrogen-bond acceptors (Lipinski definition) is 7. The van der Waals surface area contributed by atoms with Gasteiger partial charge >= 0.3 is 12.4 Å². The van der Waals surface area contributed by atoms with Crippen molar-refractivity contribution in [3.63, 3.8) is 0 Å². The summed E-state index contributed by atoms with van der Waals surface area (Å²) >= 11 is 0. The molecule has 3 heterocycles. The lowest BCUT2D eigenvalue weighted by atomic mass is 9.80. The number of H-pyrrole nitrogens is 1. The van der Waals surface area contributed by atoms with Gasteiger partial charge in [-0.05, 0) is 30.7 Å². The molecule has 1 aliphatic rings. The molecule has 3 aromatic rings. The van der Waals surface area contributed by atoms with Gasteiger partial charge in [0.2, 0.25) is 0 Å². The van der Waals surface area contributed by atoms with E-state index in [1.54, 1.807) is 13.0 Å². The molecule has 0 saturated heterocycles. The standard InChI is InChI=1S/C24H10F6N8/c1-10-14-5-11(2-3-17(14)38-37-10)18-15(8-33)20(36-22(16(18)9-34)24(28,29)30)19-12(6-31)4-13(7-32)21(35-19)23(25,26)27/h2-5,18,36H,1H3,(H,37,38). The minimum absolute atomic E-state index is 0.0408. The van der Waals surface area contributed by atoms with Crippen molar-refractivity contribution in [1.29, 1.82) is 21.0 Å². The fraction of sp³-hybridized carbons (Fsp3) is 0.167. The predicted octanol–water partition coefficient (Wildman–Crippen LogP) is 4.99. The monoisotopic (exact) mass is 524 g/mol. The summed E-state index contributed by atoms with van der Waals surface area (Å²) in [6, 6.07) is 10.7. The Labute approximate surface area is 209 Å². The van der Waals surface area contributed by atoms with E-state index in [9.17, 15) is 42.1 Å². The van der Waals surface area contributed by atoms with Gasteiger partial charge in [0.15, 0.2) is 5.69 Å². The maximum atomic E-state index is 14.1. The zero-order valence-corrected chi connectivity index (χ0v) is 18.8. The molecule has 0 spiro atoms. The molecule has 8 nitrogen and oxygen atoms in total. The second kappa shape index (κ2) is 8.95. The number of halogens is 6. The number of aromatic nitrogens is 3. The van der Waals surface area contributed by atoms with Gasteiger partial charge in [0.25, 0.3) is 0 Å². The van der Waals surface area contributed by atoms with Crippen LogP contribution in [0.3, 0.4) is 0 Å². The van der Waals surface area contributed by atoms with Gasteiger partial charge in [-0.2, -0.15) is 52.5 Å². The maximum Gasteiger partial charge on any atom is 0.434 e. The van der Waals surface area contributed by atoms with Crippen LogP contribution in [0.15, 0.2) is 41.1 Å². The smallest absolute Gasteiger partial charge is 0.348 e. The molecule has 1 aliphatic heterocycles. The molecule has 0 radical (unpaired) electrons. The van der Waals surface area contributed by atoms with E-state index < -0.39 is 63.3 Å². The van der Waals surface area contributed by atoms with Gasteiger partial charge in [0, 0.05) is 5.39 Å². The van der Waals surface area contributed by atoms with Crippen LogP contribution in [0.25, 0.3) is 16.6 Å². The number of aromatic amines is 1. The number of alkyl halides is 6. The van der Waals surface area contributed by atoms with E-state index in [4.69, 9.17) is 5.26 Å². The number of benzene rings is 1. The average Bonchev–Trinajstić information content (AvgIpc) is 3.25. The molecule has 38 heavy (non-hydrogen) atoms. The summed E-state index contributed by atoms with van der Waals surface area (Å²) in [7, 11) is 0. The third-order valence-corrected chi connectivity index (χ3v) is 5.77. The lowest BCUT2D eigenvalue weighted by Gasteiger charge is -2.30. The lowest BCUT2D eigenvalue weighted by molar-refractivity contribution is -0.141. The zero-order valence-electron chi connectivity index (χ0n) is 18.8. The van der Waals surface area contributed by atoms with Gasteiger partial charge in [0.05, 0.1) is 57.2 Å². The molecule has 2 N–H and O–H groups in total. The van der Waals surface area contributed by atoms with E-state index in [1.165, 1.54) is 36.4 Å². The Morgan fingerprint density at radius 3 is 2.05 bits per heavy atom. The summed E-state index contributed by atoms with van der Waals surface area (Å²) in [6.07, 6.45) is -10.4. The molecular formula is C24H10F6N8. The number of rotatable bonds is 2. The first-order valence-electron chi connectivity index (χ1n) is 10.4. The molecule has 0 bridgehead atoms. The van der Waals surface area contributed by atoms with Crippen LogP contribution in [0, 0.1) is 52.2 Å². The number of nitriles is 4. The fourth-order valence-electron chi connectivity index (χ4n) is 4.11. The number of pyridine rings is 1. The van der Waals surface area contributed by atoms with Gasteiger partial charge in [-0.1, -0.05) is 6.07 Å². The highest BCUT2D eigenvalue weighted by Crippen LogP contribution is 2.45. The van der Waals surface area contributed by atoms with Crippen molar-refractivity contribution in [2.75, 3.05) is 0 Å². The lowest BCUT2D eigenvalue weighted by Crippen LogP contribution is -2.34. The second-order valence-electron chi connectivity index (χ2n) is 7.97. The first-order valence-corrected chi connectivity index (χ1v) is 10.4. The predicted molar refractivity (Wildman–Crippen MR) is 117 cm³/mol. The molecule has 0 aliphatic carbocycles. The average molecular weight is 524 g/mol. The summed E-state index contributed by atoms with van der Waals surface area (Å²) in [5.74, 6) is -1.69. The number of nitrogens with one attached hydrogen (secondary N) is 2. The number of allylic oxidation sites excluding steroid dienone is 3. The largest absolute Gasteiger partial charge is 0.434 e. The number of nitrogens with zero attached hydrogens (tertiary/aromatic N) is 6. The zero-order chi connectivity index (χ0) is 28.0. The van der Waals surface area contributed by atoms with Crippen LogP contribution in [0.5, 0.6) is 0 Å². The molecule has 188 valence electrons. The van der Waals surface area contributed by atoms with E-state index in [-0.39, 0.29) is 5.56 Å². The Hall–Kier alpha value is -5.34. The highest BCUT2D eigenvalue weighted by Gasteiger charge is 2.45. The van der Waals surface area contributed by atoms with Crippen molar-refractivity contribution < 1.29 is 26.3 Å². The summed E-state index contributed by atoms with van der Waals surface area (Å²) in [6.45, 7) is 1.61. The van der Waals surface area contributed by atoms with E-state index in [0.717, 1.165) is 0 Å². The van der Waals surface area contributed by atoms with E-state index in [0.29, 0.717) is 22.7 Å². The third-order valence-electron chi connectivity index (χ3n) is 5.77. The van der Waals surface area contributed by atoms with Crippen molar-refractivity contribution in [2.45, 2.75) is 25.2 Å². The Morgan fingerprint density at radius 2 is 1.50 bits per heavy atom. The van der Waals surface area contributed by atoms with Crippen LogP contribution in [0.4, 0.5) is 26.3 Å². The van der Waals surface area contributed by atoms with Crippen LogP contribution in [0.2, 0.25) is 0 Å². The van der Waals surface area contributed by atoms with Gasteiger partial charge in [-0.25, -0.2) is 4.98 Å². The summed E-state index contributed by atoms with van der Waals surface area (Å²) in [5.41, 5.74) is -7.37. The summed E-state index contributed by atoms with van der Waals surface area (Å²) < 4.78 is 83.3. The molecule has 4 rings (SSSR count). The molecule has 1 atom stereocenters. The Kier molecular flexibility index (Phi) is 6.06. The minimum atomic E-state index is -5.21. The molecule has 0 fully saturated rings. The van der Waals surface area contributed by atoms with Crippen molar-refractivity contribution in [3.05, 3.63) is 74.9 Å². The molecule has 2 aromatic heterocycles. The Bertz CT molecular complexity index is 1730. The maximum absolute atomic E-state index is 14.1. The molecule has 1 aromatic carbocycles. The van der Waals surface area contributed by atoms with Crippen LogP contribution >= 0.6 is 0 Å². The van der Waals surface area contributed by atoms with E-state index in [2.05, 4.69) is 15.2 Å². The molecule has 0 saturated carbocycles. The Balaban J connectivity index is 2.12. The SMILES string of the molecule is Cc1n[nH]c2ccc(C3C(C#N)=C(c4nc(C(F)(F)F)c(C#N)cc4C#N)NC(C(F)(F)F)=C3C#N)cc12. The van der Waals surface area contributed by atoms with E-state index >= 15 is 0 Å². The topological polar surface area (TPSA) is 149 Å². The van der Waals surface area contributed by atoms with Crippen molar-refractivity contribution in [2.24, 2.45) is 0 Å². The van der Waals surface area contributed by atoms with Crippen LogP contribution in [-0.4, -0.2) is 21.4 Å². The first kappa shape index (κ1) is 25.7. The van der Waals surface area contributed by atoms with Crippen LogP contribution in [-0.2, 0) is 6.18 Å². The fourth-order valence-corrected chi connectivity index (χ4v) is 4.11. The van der Waals surface area contributed by atoms with Crippen LogP contribution in [0.1, 0.15) is 39.7 Å². The minimum Gasteiger partial charge on any atom is -0.348 e. The second-order valence-corrected chi connectivity index (χ2v) is 7.97. The quantitative estimate of drug-likeness (QED) is 0.449. The molecule has 14 heteroatoms. The molecule has 1 unspecified atom stereocenters. The number of aryl methyl sites for hydroxylation is 1. The van der Waals surface area contributed by atoms with Crippen LogP contribution < -0.4 is 5.32 Å². The molecule has 0 amide bonds. The van der Waals surface area contributed by atoms with Crippen molar-refractivity contribution in [3.8, 4) is 24.3 Å². The Morgan fingerprint density at radius 1 is 0.842 bits per heavy atom. The first-order chi connectivity index (χ1) is 17.8. The van der Waals surface area contributed by atoms with Gasteiger partial charge in [-0.3, -0.25) is 5.10 Å². The summed E-state index contributed by atoms with van der Waals surface area (Å²) in [5, 5.41) is 47.4. The number of fused-ring (bicyclic) bond motifs is 1. The number of dihydropyridines is 1. The normalized spacial score (nSPS) is 15.9. The highest BCUT2D eigenvalue weighted by molar-refractivity contribution is 5.84. The third kappa shape index (κ3) is 4.15. The van der Waals surface area contributed by atoms with Gasteiger partial charge in [-0.15, -0.1) is 0 Å². The van der Waals surface area contributed by atoms with Crippen molar-refractivity contribution in [1.82, 2.24) is 20.5 Å². The van der Waals surface area contributed by atoms with E-state index in [1.807, 2.05) is 5.32 Å². The van der Waals surface area contributed by atoms with Gasteiger partial charge in [0.1, 0.15) is 23.5 Å². The van der Waals surface area contributed by atoms with Gasteiger partial charge < -0.3 is 5.32 Å². The highest BCUT2D eigenvalue weighted by atomic mass is 19.4. The van der Waals surface area contributed by atoms with Crippen molar-refractivity contribution >= 4 is 16.6 Å². The molecular weight excluding hydrogens is 514 g/mol. The number of hydrogen-bond donors (Lipinski definition) is 2.